The summed E-state index contributed by atoms with van der Waals surface area (Å²) in [6.45, 7) is 4.22. The summed E-state index contributed by atoms with van der Waals surface area (Å²) in [5, 5.41) is 3.92. The molecule has 1 aromatic rings. The Hall–Kier alpha value is -0.830. The molecule has 1 fully saturated rings. The fourth-order valence-corrected chi connectivity index (χ4v) is 2.00. The minimum Gasteiger partial charge on any atom is -0.359 e. The van der Waals surface area contributed by atoms with E-state index in [1.807, 2.05) is 13.0 Å². The SMILES string of the molecule is Cc1cc(C2CCC(C)N2C)on1. The number of nitrogens with zero attached hydrogens (tertiary/aromatic N) is 2. The van der Waals surface area contributed by atoms with E-state index in [9.17, 15) is 0 Å². The Morgan fingerprint density at radius 3 is 2.77 bits per heavy atom. The Balaban J connectivity index is 2.18. The first kappa shape index (κ1) is 8.75. The first-order valence-corrected chi connectivity index (χ1v) is 4.83. The second kappa shape index (κ2) is 3.14. The molecule has 72 valence electrons. The Bertz CT molecular complexity index is 295. The number of aromatic nitrogens is 1. The summed E-state index contributed by atoms with van der Waals surface area (Å²) in [6.07, 6.45) is 2.44. The summed E-state index contributed by atoms with van der Waals surface area (Å²) in [6, 6.07) is 3.14. The summed E-state index contributed by atoms with van der Waals surface area (Å²) in [7, 11) is 2.15. The lowest BCUT2D eigenvalue weighted by Crippen LogP contribution is -2.24. The van der Waals surface area contributed by atoms with Crippen LogP contribution in [0.5, 0.6) is 0 Å². The van der Waals surface area contributed by atoms with E-state index in [-0.39, 0.29) is 0 Å². The smallest absolute Gasteiger partial charge is 0.154 e. The molecule has 13 heavy (non-hydrogen) atoms. The van der Waals surface area contributed by atoms with E-state index >= 15 is 0 Å². The number of likely N-dealkylation sites (tertiary alicyclic amines) is 1. The zero-order valence-electron chi connectivity index (χ0n) is 8.45. The van der Waals surface area contributed by atoms with Crippen LogP contribution in [0.4, 0.5) is 0 Å². The Kier molecular flexibility index (Phi) is 2.12. The van der Waals surface area contributed by atoms with Crippen LogP contribution in [0.25, 0.3) is 0 Å². The van der Waals surface area contributed by atoms with Crippen molar-refractivity contribution in [3.63, 3.8) is 0 Å². The molecule has 0 amide bonds. The van der Waals surface area contributed by atoms with Gasteiger partial charge in [0.15, 0.2) is 5.76 Å². The average molecular weight is 180 g/mol. The third-order valence-electron chi connectivity index (χ3n) is 3.02. The Morgan fingerprint density at radius 1 is 1.54 bits per heavy atom. The predicted octanol–water partition coefficient (Wildman–Crippen LogP) is 2.14. The fraction of sp³-hybridized carbons (Fsp3) is 0.700. The van der Waals surface area contributed by atoms with Gasteiger partial charge in [-0.05, 0) is 33.7 Å². The van der Waals surface area contributed by atoms with E-state index in [0.29, 0.717) is 12.1 Å². The number of rotatable bonds is 1. The maximum Gasteiger partial charge on any atom is 0.154 e. The van der Waals surface area contributed by atoms with Crippen LogP contribution in [0.1, 0.15) is 37.3 Å². The van der Waals surface area contributed by atoms with Gasteiger partial charge in [0.25, 0.3) is 0 Å². The monoisotopic (exact) mass is 180 g/mol. The van der Waals surface area contributed by atoms with Crippen LogP contribution < -0.4 is 0 Å². The van der Waals surface area contributed by atoms with Crippen molar-refractivity contribution in [1.82, 2.24) is 10.1 Å². The number of hydrogen-bond donors (Lipinski definition) is 0. The van der Waals surface area contributed by atoms with Crippen LogP contribution in [0.3, 0.4) is 0 Å². The second-order valence-corrected chi connectivity index (χ2v) is 3.98. The average Bonchev–Trinajstić information content (AvgIpc) is 2.62. The lowest BCUT2D eigenvalue weighted by atomic mass is 10.1. The first-order valence-electron chi connectivity index (χ1n) is 4.83. The van der Waals surface area contributed by atoms with Crippen LogP contribution in [0.2, 0.25) is 0 Å². The van der Waals surface area contributed by atoms with E-state index in [4.69, 9.17) is 4.52 Å². The maximum absolute atomic E-state index is 5.28. The van der Waals surface area contributed by atoms with E-state index < -0.39 is 0 Å². The third kappa shape index (κ3) is 1.48. The molecule has 1 saturated heterocycles. The standard InChI is InChI=1S/C10H16N2O/c1-7-6-10(13-11-7)9-5-4-8(2)12(9)3/h6,8-9H,4-5H2,1-3H3. The van der Waals surface area contributed by atoms with E-state index in [2.05, 4.69) is 24.0 Å². The van der Waals surface area contributed by atoms with Gasteiger partial charge in [-0.15, -0.1) is 0 Å². The van der Waals surface area contributed by atoms with Gasteiger partial charge in [-0.3, -0.25) is 4.90 Å². The lowest BCUT2D eigenvalue weighted by molar-refractivity contribution is 0.215. The van der Waals surface area contributed by atoms with Gasteiger partial charge in [-0.25, -0.2) is 0 Å². The second-order valence-electron chi connectivity index (χ2n) is 3.98. The molecule has 2 heterocycles. The molecule has 2 unspecified atom stereocenters. The van der Waals surface area contributed by atoms with Gasteiger partial charge >= 0.3 is 0 Å². The highest BCUT2D eigenvalue weighted by atomic mass is 16.5. The number of aryl methyl sites for hydroxylation is 1. The Morgan fingerprint density at radius 2 is 2.31 bits per heavy atom. The fourth-order valence-electron chi connectivity index (χ4n) is 2.00. The minimum atomic E-state index is 0.441. The van der Waals surface area contributed by atoms with Gasteiger partial charge in [0.2, 0.25) is 0 Å². The summed E-state index contributed by atoms with van der Waals surface area (Å²) in [5.41, 5.74) is 0.975. The molecular formula is C10H16N2O. The van der Waals surface area contributed by atoms with Crippen LogP contribution in [0.15, 0.2) is 10.6 Å². The quantitative estimate of drug-likeness (QED) is 0.663. The molecule has 0 radical (unpaired) electrons. The molecule has 0 aliphatic carbocycles. The summed E-state index contributed by atoms with van der Waals surface area (Å²) in [4.78, 5) is 2.36. The lowest BCUT2D eigenvalue weighted by Gasteiger charge is -2.20. The van der Waals surface area contributed by atoms with Gasteiger partial charge in [0.1, 0.15) is 0 Å². The zero-order chi connectivity index (χ0) is 9.42. The van der Waals surface area contributed by atoms with Crippen LogP contribution in [-0.4, -0.2) is 23.1 Å². The Labute approximate surface area is 78.7 Å². The molecule has 2 atom stereocenters. The molecule has 1 aliphatic heterocycles. The van der Waals surface area contributed by atoms with Crippen LogP contribution >= 0.6 is 0 Å². The highest BCUT2D eigenvalue weighted by Crippen LogP contribution is 2.34. The van der Waals surface area contributed by atoms with Gasteiger partial charge in [0, 0.05) is 12.1 Å². The van der Waals surface area contributed by atoms with E-state index in [0.717, 1.165) is 11.5 Å². The normalized spacial score (nSPS) is 29.8. The topological polar surface area (TPSA) is 29.3 Å². The summed E-state index contributed by atoms with van der Waals surface area (Å²) < 4.78 is 5.28. The van der Waals surface area contributed by atoms with Crippen molar-refractivity contribution in [3.8, 4) is 0 Å². The van der Waals surface area contributed by atoms with Crippen molar-refractivity contribution in [2.45, 2.75) is 38.8 Å². The van der Waals surface area contributed by atoms with Crippen molar-refractivity contribution < 1.29 is 4.52 Å². The molecule has 0 N–H and O–H groups in total. The van der Waals surface area contributed by atoms with Crippen molar-refractivity contribution in [1.29, 1.82) is 0 Å². The van der Waals surface area contributed by atoms with Crippen LogP contribution in [-0.2, 0) is 0 Å². The molecule has 0 spiro atoms. The summed E-state index contributed by atoms with van der Waals surface area (Å²) in [5.74, 6) is 1.02. The molecule has 3 heteroatoms. The minimum absolute atomic E-state index is 0.441. The predicted molar refractivity (Wildman–Crippen MR) is 50.4 cm³/mol. The maximum atomic E-state index is 5.28. The van der Waals surface area contributed by atoms with Gasteiger partial charge in [-0.2, -0.15) is 0 Å². The largest absolute Gasteiger partial charge is 0.359 e. The molecule has 2 rings (SSSR count). The van der Waals surface area contributed by atoms with Crippen molar-refractivity contribution in [2.75, 3.05) is 7.05 Å². The van der Waals surface area contributed by atoms with Gasteiger partial charge in [0.05, 0.1) is 11.7 Å². The first-order chi connectivity index (χ1) is 6.18. The van der Waals surface area contributed by atoms with Crippen molar-refractivity contribution >= 4 is 0 Å². The highest BCUT2D eigenvalue weighted by molar-refractivity contribution is 5.09. The number of hydrogen-bond acceptors (Lipinski definition) is 3. The van der Waals surface area contributed by atoms with Crippen LogP contribution in [0, 0.1) is 6.92 Å². The molecule has 1 aromatic heterocycles. The molecular weight excluding hydrogens is 164 g/mol. The molecule has 3 nitrogen and oxygen atoms in total. The highest BCUT2D eigenvalue weighted by Gasteiger charge is 2.30. The van der Waals surface area contributed by atoms with E-state index in [1.54, 1.807) is 0 Å². The molecule has 0 bridgehead atoms. The summed E-state index contributed by atoms with van der Waals surface area (Å²) >= 11 is 0. The van der Waals surface area contributed by atoms with Crippen molar-refractivity contribution in [2.24, 2.45) is 0 Å². The zero-order valence-corrected chi connectivity index (χ0v) is 8.45. The molecule has 0 saturated carbocycles. The van der Waals surface area contributed by atoms with Gasteiger partial charge in [-0.1, -0.05) is 5.16 Å². The molecule has 0 aromatic carbocycles. The van der Waals surface area contributed by atoms with Crippen molar-refractivity contribution in [3.05, 3.63) is 17.5 Å². The third-order valence-corrected chi connectivity index (χ3v) is 3.02. The van der Waals surface area contributed by atoms with Gasteiger partial charge < -0.3 is 4.52 Å². The van der Waals surface area contributed by atoms with E-state index in [1.165, 1.54) is 12.8 Å². The molecule has 1 aliphatic rings.